The fourth-order valence-electron chi connectivity index (χ4n) is 2.48. The van der Waals surface area contributed by atoms with Gasteiger partial charge in [-0.25, -0.2) is 15.0 Å². The molecule has 2 aromatic heterocycles. The molecule has 3 heterocycles. The molecule has 20 heavy (non-hydrogen) atoms. The first-order valence-corrected chi connectivity index (χ1v) is 7.68. The minimum atomic E-state index is 0.0304. The van der Waals surface area contributed by atoms with E-state index in [1.165, 1.54) is 0 Å². The van der Waals surface area contributed by atoms with Crippen LogP contribution < -0.4 is 0 Å². The molecule has 0 spiro atoms. The standard InChI is InChI=1S/C14H18N4OS/c1-10-5-13(17-11(2)16-10)14-7-18(3-4-19-14)6-12-8-20-9-15-12/h5,8-9,14H,3-4,6-7H2,1-2H3/t14-/m0/s1. The van der Waals surface area contributed by atoms with Gasteiger partial charge in [-0.3, -0.25) is 4.90 Å². The van der Waals surface area contributed by atoms with Crippen LogP contribution in [0.1, 0.15) is 29.0 Å². The first kappa shape index (κ1) is 13.6. The van der Waals surface area contributed by atoms with E-state index in [4.69, 9.17) is 4.74 Å². The molecule has 0 unspecified atom stereocenters. The van der Waals surface area contributed by atoms with Crippen LogP contribution in [-0.4, -0.2) is 39.5 Å². The highest BCUT2D eigenvalue weighted by atomic mass is 32.1. The monoisotopic (exact) mass is 290 g/mol. The van der Waals surface area contributed by atoms with Crippen LogP contribution in [0.4, 0.5) is 0 Å². The van der Waals surface area contributed by atoms with Crippen LogP contribution in [0.15, 0.2) is 17.0 Å². The predicted molar refractivity (Wildman–Crippen MR) is 77.6 cm³/mol. The van der Waals surface area contributed by atoms with Gasteiger partial charge in [0.15, 0.2) is 0 Å². The van der Waals surface area contributed by atoms with Crippen molar-refractivity contribution in [3.8, 4) is 0 Å². The molecule has 1 fully saturated rings. The van der Waals surface area contributed by atoms with Crippen molar-refractivity contribution in [2.75, 3.05) is 19.7 Å². The van der Waals surface area contributed by atoms with Crippen LogP contribution in [-0.2, 0) is 11.3 Å². The highest BCUT2D eigenvalue weighted by Crippen LogP contribution is 2.22. The molecule has 0 aromatic carbocycles. The molecule has 1 aliphatic rings. The average Bonchev–Trinajstić information content (AvgIpc) is 2.91. The van der Waals surface area contributed by atoms with E-state index in [1.54, 1.807) is 11.3 Å². The van der Waals surface area contributed by atoms with E-state index in [0.29, 0.717) is 0 Å². The van der Waals surface area contributed by atoms with Crippen molar-refractivity contribution in [3.05, 3.63) is 39.9 Å². The third-order valence-electron chi connectivity index (χ3n) is 3.34. The number of nitrogens with zero attached hydrogens (tertiary/aromatic N) is 4. The van der Waals surface area contributed by atoms with Crippen molar-refractivity contribution >= 4 is 11.3 Å². The normalized spacial score (nSPS) is 20.2. The molecule has 5 nitrogen and oxygen atoms in total. The van der Waals surface area contributed by atoms with Gasteiger partial charge in [0.2, 0.25) is 0 Å². The molecule has 0 bridgehead atoms. The largest absolute Gasteiger partial charge is 0.369 e. The Balaban J connectivity index is 1.71. The molecule has 3 rings (SSSR count). The SMILES string of the molecule is Cc1cc([C@@H]2CN(Cc3cscn3)CCO2)nc(C)n1. The van der Waals surface area contributed by atoms with Gasteiger partial charge in [-0.05, 0) is 19.9 Å². The van der Waals surface area contributed by atoms with E-state index in [-0.39, 0.29) is 6.10 Å². The molecule has 0 amide bonds. The summed E-state index contributed by atoms with van der Waals surface area (Å²) < 4.78 is 5.87. The number of morpholine rings is 1. The van der Waals surface area contributed by atoms with E-state index < -0.39 is 0 Å². The summed E-state index contributed by atoms with van der Waals surface area (Å²) >= 11 is 1.64. The van der Waals surface area contributed by atoms with E-state index >= 15 is 0 Å². The summed E-state index contributed by atoms with van der Waals surface area (Å²) in [6, 6.07) is 2.02. The van der Waals surface area contributed by atoms with Crippen molar-refractivity contribution in [2.24, 2.45) is 0 Å². The quantitative estimate of drug-likeness (QED) is 0.866. The van der Waals surface area contributed by atoms with Crippen LogP contribution in [0, 0.1) is 13.8 Å². The number of aromatic nitrogens is 3. The van der Waals surface area contributed by atoms with Gasteiger partial charge < -0.3 is 4.74 Å². The zero-order valence-corrected chi connectivity index (χ0v) is 12.6. The second-order valence-electron chi connectivity index (χ2n) is 5.06. The van der Waals surface area contributed by atoms with Gasteiger partial charge in [0.1, 0.15) is 11.9 Å². The lowest BCUT2D eigenvalue weighted by molar-refractivity contribution is -0.0354. The number of thiazole rings is 1. The summed E-state index contributed by atoms with van der Waals surface area (Å²) in [6.45, 7) is 7.33. The number of aryl methyl sites for hydroxylation is 2. The maximum atomic E-state index is 5.87. The highest BCUT2D eigenvalue weighted by molar-refractivity contribution is 7.07. The lowest BCUT2D eigenvalue weighted by atomic mass is 10.1. The van der Waals surface area contributed by atoms with E-state index in [9.17, 15) is 0 Å². The Morgan fingerprint density at radius 3 is 3.05 bits per heavy atom. The number of hydrogen-bond acceptors (Lipinski definition) is 6. The van der Waals surface area contributed by atoms with Gasteiger partial charge >= 0.3 is 0 Å². The van der Waals surface area contributed by atoms with Gasteiger partial charge in [-0.2, -0.15) is 0 Å². The molecular formula is C14H18N4OS. The van der Waals surface area contributed by atoms with Crippen molar-refractivity contribution < 1.29 is 4.74 Å². The first-order valence-electron chi connectivity index (χ1n) is 6.74. The van der Waals surface area contributed by atoms with Crippen molar-refractivity contribution in [2.45, 2.75) is 26.5 Å². The van der Waals surface area contributed by atoms with E-state index in [1.807, 2.05) is 25.4 Å². The Morgan fingerprint density at radius 1 is 1.40 bits per heavy atom. The molecule has 2 aromatic rings. The van der Waals surface area contributed by atoms with Gasteiger partial charge in [0, 0.05) is 30.7 Å². The average molecular weight is 290 g/mol. The summed E-state index contributed by atoms with van der Waals surface area (Å²) in [5.41, 5.74) is 4.99. The van der Waals surface area contributed by atoms with Crippen LogP contribution in [0.5, 0.6) is 0 Å². The van der Waals surface area contributed by atoms with Crippen LogP contribution in [0.3, 0.4) is 0 Å². The molecule has 0 aliphatic carbocycles. The summed E-state index contributed by atoms with van der Waals surface area (Å²) in [5, 5.41) is 2.10. The lowest BCUT2D eigenvalue weighted by Gasteiger charge is -2.32. The number of hydrogen-bond donors (Lipinski definition) is 0. The number of ether oxygens (including phenoxy) is 1. The number of rotatable bonds is 3. The molecular weight excluding hydrogens is 272 g/mol. The topological polar surface area (TPSA) is 51.1 Å². The van der Waals surface area contributed by atoms with Crippen LogP contribution in [0.2, 0.25) is 0 Å². The maximum Gasteiger partial charge on any atom is 0.125 e. The third kappa shape index (κ3) is 3.20. The second kappa shape index (κ2) is 5.95. The third-order valence-corrected chi connectivity index (χ3v) is 3.97. The van der Waals surface area contributed by atoms with Crippen LogP contribution in [0.25, 0.3) is 0 Å². The molecule has 1 aliphatic heterocycles. The lowest BCUT2D eigenvalue weighted by Crippen LogP contribution is -2.38. The minimum Gasteiger partial charge on any atom is -0.369 e. The van der Waals surface area contributed by atoms with Crippen LogP contribution >= 0.6 is 11.3 Å². The van der Waals surface area contributed by atoms with Crippen molar-refractivity contribution in [1.29, 1.82) is 0 Å². The molecule has 0 saturated carbocycles. The van der Waals surface area contributed by atoms with Gasteiger partial charge in [-0.1, -0.05) is 0 Å². The smallest absolute Gasteiger partial charge is 0.125 e. The van der Waals surface area contributed by atoms with Gasteiger partial charge in [0.05, 0.1) is 23.5 Å². The molecule has 1 saturated heterocycles. The molecule has 0 radical (unpaired) electrons. The highest BCUT2D eigenvalue weighted by Gasteiger charge is 2.24. The fourth-order valence-corrected chi connectivity index (χ4v) is 3.03. The second-order valence-corrected chi connectivity index (χ2v) is 5.77. The maximum absolute atomic E-state index is 5.87. The summed E-state index contributed by atoms with van der Waals surface area (Å²) in [4.78, 5) is 15.6. The summed E-state index contributed by atoms with van der Waals surface area (Å²) in [5.74, 6) is 0.806. The Bertz CT molecular complexity index is 552. The fraction of sp³-hybridized carbons (Fsp3) is 0.500. The van der Waals surface area contributed by atoms with Gasteiger partial charge in [-0.15, -0.1) is 11.3 Å². The first-order chi connectivity index (χ1) is 9.70. The summed E-state index contributed by atoms with van der Waals surface area (Å²) in [6.07, 6.45) is 0.0304. The predicted octanol–water partition coefficient (Wildman–Crippen LogP) is 2.12. The molecule has 106 valence electrons. The minimum absolute atomic E-state index is 0.0304. The Labute approximate surface area is 122 Å². The van der Waals surface area contributed by atoms with E-state index in [0.717, 1.165) is 49.1 Å². The Hall–Kier alpha value is -1.37. The summed E-state index contributed by atoms with van der Waals surface area (Å²) in [7, 11) is 0. The molecule has 6 heteroatoms. The zero-order valence-electron chi connectivity index (χ0n) is 11.7. The van der Waals surface area contributed by atoms with Crippen molar-refractivity contribution in [3.63, 3.8) is 0 Å². The Kier molecular flexibility index (Phi) is 4.05. The molecule has 1 atom stereocenters. The van der Waals surface area contributed by atoms with Crippen molar-refractivity contribution in [1.82, 2.24) is 19.9 Å². The Morgan fingerprint density at radius 2 is 2.30 bits per heavy atom. The molecule has 0 N–H and O–H groups in total. The van der Waals surface area contributed by atoms with E-state index in [2.05, 4.69) is 25.2 Å². The van der Waals surface area contributed by atoms with Gasteiger partial charge in [0.25, 0.3) is 0 Å². The zero-order chi connectivity index (χ0) is 13.9.